The molecule has 0 aliphatic rings. The van der Waals surface area contributed by atoms with Gasteiger partial charge in [0.2, 0.25) is 0 Å². The van der Waals surface area contributed by atoms with Crippen LogP contribution in [-0.4, -0.2) is 6.03 Å². The highest BCUT2D eigenvalue weighted by molar-refractivity contribution is 5.89. The van der Waals surface area contributed by atoms with E-state index in [2.05, 4.69) is 17.6 Å². The second kappa shape index (κ2) is 8.15. The zero-order valence-electron chi connectivity index (χ0n) is 14.3. The lowest BCUT2D eigenvalue weighted by Crippen LogP contribution is -2.33. The molecule has 0 bridgehead atoms. The van der Waals surface area contributed by atoms with E-state index < -0.39 is 0 Å². The smallest absolute Gasteiger partial charge is 0.319 e. The number of benzene rings is 3. The second-order valence-corrected chi connectivity index (χ2v) is 5.90. The van der Waals surface area contributed by atoms with E-state index >= 15 is 0 Å². The second-order valence-electron chi connectivity index (χ2n) is 5.90. The van der Waals surface area contributed by atoms with E-state index in [-0.39, 0.29) is 12.1 Å². The topological polar surface area (TPSA) is 41.1 Å². The first-order valence-electron chi connectivity index (χ1n) is 8.52. The van der Waals surface area contributed by atoms with Crippen molar-refractivity contribution < 1.29 is 4.79 Å². The number of hydrogen-bond acceptors (Lipinski definition) is 1. The van der Waals surface area contributed by atoms with Crippen LogP contribution in [0.1, 0.15) is 29.7 Å². The monoisotopic (exact) mass is 330 g/mol. The fraction of sp³-hybridized carbons (Fsp3) is 0.136. The first-order chi connectivity index (χ1) is 12.3. The number of anilines is 1. The Morgan fingerprint density at radius 1 is 0.800 bits per heavy atom. The first kappa shape index (κ1) is 16.8. The van der Waals surface area contributed by atoms with Gasteiger partial charge in [0.25, 0.3) is 0 Å². The predicted octanol–water partition coefficient (Wildman–Crippen LogP) is 5.16. The summed E-state index contributed by atoms with van der Waals surface area (Å²) in [5.41, 5.74) is 4.13. The number of carbonyl (C=O) groups is 1. The molecule has 0 radical (unpaired) electrons. The molecule has 0 atom stereocenters. The summed E-state index contributed by atoms with van der Waals surface area (Å²) >= 11 is 0. The maximum atomic E-state index is 12.5. The molecule has 0 fully saturated rings. The highest BCUT2D eigenvalue weighted by Gasteiger charge is 2.16. The third-order valence-corrected chi connectivity index (χ3v) is 4.16. The molecule has 3 aromatic carbocycles. The molecule has 3 nitrogen and oxygen atoms in total. The molecule has 3 aromatic rings. The summed E-state index contributed by atoms with van der Waals surface area (Å²) in [6.07, 6.45) is 0.983. The van der Waals surface area contributed by atoms with Crippen LogP contribution in [0.3, 0.4) is 0 Å². The Hall–Kier alpha value is -3.07. The minimum atomic E-state index is -0.220. The Bertz CT molecular complexity index is 759. The third-order valence-electron chi connectivity index (χ3n) is 4.16. The molecule has 0 aliphatic heterocycles. The van der Waals surface area contributed by atoms with E-state index in [0.29, 0.717) is 0 Å². The summed E-state index contributed by atoms with van der Waals surface area (Å²) in [4.78, 5) is 12.5. The van der Waals surface area contributed by atoms with E-state index in [1.807, 2.05) is 84.9 Å². The normalized spacial score (nSPS) is 10.5. The number of rotatable bonds is 5. The van der Waals surface area contributed by atoms with Crippen LogP contribution in [0.4, 0.5) is 10.5 Å². The number of carbonyl (C=O) groups excluding carboxylic acids is 1. The first-order valence-corrected chi connectivity index (χ1v) is 8.52. The Morgan fingerprint density at radius 3 is 1.80 bits per heavy atom. The molecule has 0 saturated heterocycles. The quantitative estimate of drug-likeness (QED) is 0.666. The molecule has 2 amide bonds. The van der Waals surface area contributed by atoms with Crippen molar-refractivity contribution in [2.24, 2.45) is 0 Å². The van der Waals surface area contributed by atoms with Gasteiger partial charge >= 0.3 is 6.03 Å². The summed E-state index contributed by atoms with van der Waals surface area (Å²) in [7, 11) is 0. The lowest BCUT2D eigenvalue weighted by atomic mass is 9.99. The van der Waals surface area contributed by atoms with Crippen LogP contribution < -0.4 is 10.6 Å². The van der Waals surface area contributed by atoms with Gasteiger partial charge in [-0.3, -0.25) is 0 Å². The maximum absolute atomic E-state index is 12.5. The molecule has 126 valence electrons. The van der Waals surface area contributed by atoms with Gasteiger partial charge < -0.3 is 10.6 Å². The Balaban J connectivity index is 1.76. The maximum Gasteiger partial charge on any atom is 0.319 e. The van der Waals surface area contributed by atoms with Crippen LogP contribution in [0.2, 0.25) is 0 Å². The molecular formula is C22H22N2O. The molecule has 3 rings (SSSR count). The largest absolute Gasteiger partial charge is 0.327 e. The summed E-state index contributed by atoms with van der Waals surface area (Å²) in [5.74, 6) is 0. The van der Waals surface area contributed by atoms with Crippen LogP contribution in [0.15, 0.2) is 84.9 Å². The standard InChI is InChI=1S/C22H22N2O/c1-2-17-13-15-20(16-14-17)23-22(25)24-21(18-9-5-3-6-10-18)19-11-7-4-8-12-19/h3-16,21H,2H2,1H3,(H2,23,24,25). The molecule has 0 spiro atoms. The minimum absolute atomic E-state index is 0.197. The van der Waals surface area contributed by atoms with Crippen molar-refractivity contribution >= 4 is 11.7 Å². The van der Waals surface area contributed by atoms with E-state index in [1.165, 1.54) is 5.56 Å². The van der Waals surface area contributed by atoms with Crippen molar-refractivity contribution in [3.63, 3.8) is 0 Å². The van der Waals surface area contributed by atoms with E-state index in [4.69, 9.17) is 0 Å². The molecule has 3 heteroatoms. The molecule has 0 heterocycles. The van der Waals surface area contributed by atoms with E-state index in [1.54, 1.807) is 0 Å². The average molecular weight is 330 g/mol. The highest BCUT2D eigenvalue weighted by atomic mass is 16.2. The van der Waals surface area contributed by atoms with Crippen LogP contribution in [0.25, 0.3) is 0 Å². The fourth-order valence-electron chi connectivity index (χ4n) is 2.77. The predicted molar refractivity (Wildman–Crippen MR) is 103 cm³/mol. The lowest BCUT2D eigenvalue weighted by Gasteiger charge is -2.20. The summed E-state index contributed by atoms with van der Waals surface area (Å²) in [6.45, 7) is 2.11. The van der Waals surface area contributed by atoms with Crippen molar-refractivity contribution in [2.45, 2.75) is 19.4 Å². The van der Waals surface area contributed by atoms with Gasteiger partial charge in [0, 0.05) is 5.69 Å². The van der Waals surface area contributed by atoms with Gasteiger partial charge in [0.15, 0.2) is 0 Å². The van der Waals surface area contributed by atoms with Gasteiger partial charge in [-0.15, -0.1) is 0 Å². The molecule has 0 unspecified atom stereocenters. The van der Waals surface area contributed by atoms with Gasteiger partial charge in [0.1, 0.15) is 0 Å². The van der Waals surface area contributed by atoms with Gasteiger partial charge in [-0.1, -0.05) is 79.7 Å². The van der Waals surface area contributed by atoms with Crippen LogP contribution in [-0.2, 0) is 6.42 Å². The highest BCUT2D eigenvalue weighted by Crippen LogP contribution is 2.22. The van der Waals surface area contributed by atoms with Crippen molar-refractivity contribution in [3.8, 4) is 0 Å². The Labute approximate surface area is 148 Å². The third kappa shape index (κ3) is 4.48. The van der Waals surface area contributed by atoms with Gasteiger partial charge in [-0.2, -0.15) is 0 Å². The number of nitrogens with one attached hydrogen (secondary N) is 2. The van der Waals surface area contributed by atoms with Gasteiger partial charge in [-0.25, -0.2) is 4.79 Å². The Morgan fingerprint density at radius 2 is 1.32 bits per heavy atom. The van der Waals surface area contributed by atoms with E-state index in [9.17, 15) is 4.79 Å². The van der Waals surface area contributed by atoms with Crippen LogP contribution in [0.5, 0.6) is 0 Å². The zero-order valence-corrected chi connectivity index (χ0v) is 14.3. The fourth-order valence-corrected chi connectivity index (χ4v) is 2.77. The van der Waals surface area contributed by atoms with Crippen molar-refractivity contribution in [1.29, 1.82) is 0 Å². The SMILES string of the molecule is CCc1ccc(NC(=O)NC(c2ccccc2)c2ccccc2)cc1. The summed E-state index contributed by atoms with van der Waals surface area (Å²) in [6, 6.07) is 27.5. The van der Waals surface area contributed by atoms with Crippen LogP contribution in [0, 0.1) is 0 Å². The molecule has 0 saturated carbocycles. The van der Waals surface area contributed by atoms with Crippen molar-refractivity contribution in [1.82, 2.24) is 5.32 Å². The van der Waals surface area contributed by atoms with Crippen molar-refractivity contribution in [3.05, 3.63) is 102 Å². The molecule has 2 N–H and O–H groups in total. The number of urea groups is 1. The summed E-state index contributed by atoms with van der Waals surface area (Å²) < 4.78 is 0. The number of hydrogen-bond donors (Lipinski definition) is 2. The molecular weight excluding hydrogens is 308 g/mol. The number of amides is 2. The molecule has 0 aliphatic carbocycles. The molecule has 0 aromatic heterocycles. The zero-order chi connectivity index (χ0) is 17.5. The minimum Gasteiger partial charge on any atom is -0.327 e. The number of aryl methyl sites for hydroxylation is 1. The van der Waals surface area contributed by atoms with E-state index in [0.717, 1.165) is 23.2 Å². The van der Waals surface area contributed by atoms with Crippen molar-refractivity contribution in [2.75, 3.05) is 5.32 Å². The lowest BCUT2D eigenvalue weighted by molar-refractivity contribution is 0.250. The molecule has 25 heavy (non-hydrogen) atoms. The Kier molecular flexibility index (Phi) is 5.47. The van der Waals surface area contributed by atoms with Gasteiger partial charge in [0.05, 0.1) is 6.04 Å². The van der Waals surface area contributed by atoms with Gasteiger partial charge in [-0.05, 0) is 35.2 Å². The summed E-state index contributed by atoms with van der Waals surface area (Å²) in [5, 5.41) is 5.99. The van der Waals surface area contributed by atoms with Crippen LogP contribution >= 0.6 is 0 Å². The average Bonchev–Trinajstić information content (AvgIpc) is 2.68.